The quantitative estimate of drug-likeness (QED) is 0.772. The van der Waals surface area contributed by atoms with Gasteiger partial charge in [-0.25, -0.2) is 0 Å². The highest BCUT2D eigenvalue weighted by atomic mass is 16.5. The molecule has 0 radical (unpaired) electrons. The van der Waals surface area contributed by atoms with Crippen molar-refractivity contribution >= 4 is 0 Å². The molecule has 1 aromatic carbocycles. The van der Waals surface area contributed by atoms with E-state index in [0.717, 1.165) is 36.7 Å². The SMILES string of the molecule is COc1ccc(CNC2CNC2)c(OC)c1. The first-order valence-electron chi connectivity index (χ1n) is 5.48. The summed E-state index contributed by atoms with van der Waals surface area (Å²) in [4.78, 5) is 0. The van der Waals surface area contributed by atoms with Crippen molar-refractivity contribution in [3.05, 3.63) is 23.8 Å². The van der Waals surface area contributed by atoms with Gasteiger partial charge in [0.1, 0.15) is 11.5 Å². The molecule has 0 saturated carbocycles. The van der Waals surface area contributed by atoms with Crippen molar-refractivity contribution in [1.29, 1.82) is 0 Å². The lowest BCUT2D eigenvalue weighted by Crippen LogP contribution is -2.54. The number of benzene rings is 1. The fourth-order valence-electron chi connectivity index (χ4n) is 1.69. The van der Waals surface area contributed by atoms with E-state index >= 15 is 0 Å². The van der Waals surface area contributed by atoms with Gasteiger partial charge >= 0.3 is 0 Å². The molecular formula is C12H18N2O2. The van der Waals surface area contributed by atoms with Crippen LogP contribution in [-0.4, -0.2) is 33.4 Å². The van der Waals surface area contributed by atoms with Crippen LogP contribution >= 0.6 is 0 Å². The average molecular weight is 222 g/mol. The van der Waals surface area contributed by atoms with E-state index in [9.17, 15) is 0 Å². The molecule has 0 bridgehead atoms. The summed E-state index contributed by atoms with van der Waals surface area (Å²) in [6.07, 6.45) is 0. The Labute approximate surface area is 95.9 Å². The third kappa shape index (κ3) is 2.46. The predicted octanol–water partition coefficient (Wildman–Crippen LogP) is 0.765. The van der Waals surface area contributed by atoms with E-state index in [1.807, 2.05) is 18.2 Å². The van der Waals surface area contributed by atoms with Gasteiger partial charge in [0.05, 0.1) is 14.2 Å². The maximum atomic E-state index is 5.34. The minimum Gasteiger partial charge on any atom is -0.497 e. The molecule has 2 rings (SSSR count). The van der Waals surface area contributed by atoms with Crippen LogP contribution in [0.4, 0.5) is 0 Å². The molecule has 2 N–H and O–H groups in total. The minimum atomic E-state index is 0.590. The summed E-state index contributed by atoms with van der Waals surface area (Å²) in [6, 6.07) is 6.50. The largest absolute Gasteiger partial charge is 0.497 e. The fraction of sp³-hybridized carbons (Fsp3) is 0.500. The van der Waals surface area contributed by atoms with Gasteiger partial charge in [0.15, 0.2) is 0 Å². The van der Waals surface area contributed by atoms with E-state index in [0.29, 0.717) is 6.04 Å². The number of hydrogen-bond acceptors (Lipinski definition) is 4. The van der Waals surface area contributed by atoms with Crippen molar-refractivity contribution in [3.63, 3.8) is 0 Å². The number of nitrogens with one attached hydrogen (secondary N) is 2. The molecule has 0 atom stereocenters. The van der Waals surface area contributed by atoms with Crippen molar-refractivity contribution < 1.29 is 9.47 Å². The Morgan fingerprint density at radius 2 is 2.12 bits per heavy atom. The van der Waals surface area contributed by atoms with Crippen molar-refractivity contribution in [2.45, 2.75) is 12.6 Å². The van der Waals surface area contributed by atoms with E-state index < -0.39 is 0 Å². The van der Waals surface area contributed by atoms with Crippen LogP contribution in [-0.2, 0) is 6.54 Å². The topological polar surface area (TPSA) is 42.5 Å². The van der Waals surface area contributed by atoms with Crippen LogP contribution in [0.15, 0.2) is 18.2 Å². The van der Waals surface area contributed by atoms with Gasteiger partial charge in [0.2, 0.25) is 0 Å². The molecule has 0 unspecified atom stereocenters. The highest BCUT2D eigenvalue weighted by Gasteiger charge is 2.16. The minimum absolute atomic E-state index is 0.590. The summed E-state index contributed by atoms with van der Waals surface area (Å²) in [6.45, 7) is 2.94. The van der Waals surface area contributed by atoms with Gasteiger partial charge in [-0.2, -0.15) is 0 Å². The van der Waals surface area contributed by atoms with Crippen LogP contribution in [0.25, 0.3) is 0 Å². The molecule has 4 heteroatoms. The van der Waals surface area contributed by atoms with Crippen LogP contribution in [0, 0.1) is 0 Å². The molecule has 1 fully saturated rings. The Morgan fingerprint density at radius 3 is 2.69 bits per heavy atom. The molecule has 0 amide bonds. The summed E-state index contributed by atoms with van der Waals surface area (Å²) < 4.78 is 10.5. The summed E-state index contributed by atoms with van der Waals surface area (Å²) in [5.74, 6) is 1.70. The molecule has 4 nitrogen and oxygen atoms in total. The first-order chi connectivity index (χ1) is 7.83. The molecule has 88 valence electrons. The Bertz CT molecular complexity index is 351. The number of ether oxygens (including phenoxy) is 2. The van der Waals surface area contributed by atoms with Gasteiger partial charge in [0, 0.05) is 37.3 Å². The van der Waals surface area contributed by atoms with Gasteiger partial charge in [-0.1, -0.05) is 6.07 Å². The zero-order valence-electron chi connectivity index (χ0n) is 9.75. The molecule has 1 aliphatic heterocycles. The number of methoxy groups -OCH3 is 2. The molecule has 1 heterocycles. The Balaban J connectivity index is 2.00. The summed E-state index contributed by atoms with van der Waals surface area (Å²) >= 11 is 0. The second kappa shape index (κ2) is 5.18. The highest BCUT2D eigenvalue weighted by molar-refractivity contribution is 5.40. The van der Waals surface area contributed by atoms with Gasteiger partial charge < -0.3 is 20.1 Å². The Kier molecular flexibility index (Phi) is 3.64. The lowest BCUT2D eigenvalue weighted by Gasteiger charge is -2.28. The smallest absolute Gasteiger partial charge is 0.127 e. The molecular weight excluding hydrogens is 204 g/mol. The maximum absolute atomic E-state index is 5.34. The molecule has 1 aliphatic rings. The molecule has 1 saturated heterocycles. The van der Waals surface area contributed by atoms with Crippen LogP contribution in [0.1, 0.15) is 5.56 Å². The van der Waals surface area contributed by atoms with Crippen molar-refractivity contribution in [1.82, 2.24) is 10.6 Å². The monoisotopic (exact) mass is 222 g/mol. The first-order valence-corrected chi connectivity index (χ1v) is 5.48. The third-order valence-electron chi connectivity index (χ3n) is 2.86. The summed E-state index contributed by atoms with van der Waals surface area (Å²) in [5, 5.41) is 6.69. The molecule has 0 spiro atoms. The zero-order chi connectivity index (χ0) is 11.4. The average Bonchev–Trinajstić information content (AvgIpc) is 2.27. The van der Waals surface area contributed by atoms with Crippen LogP contribution < -0.4 is 20.1 Å². The van der Waals surface area contributed by atoms with E-state index in [2.05, 4.69) is 10.6 Å². The highest BCUT2D eigenvalue weighted by Crippen LogP contribution is 2.24. The number of hydrogen-bond donors (Lipinski definition) is 2. The van der Waals surface area contributed by atoms with Gasteiger partial charge in [-0.3, -0.25) is 0 Å². The van der Waals surface area contributed by atoms with E-state index in [1.54, 1.807) is 14.2 Å². The van der Waals surface area contributed by atoms with Gasteiger partial charge in [0.25, 0.3) is 0 Å². The Morgan fingerprint density at radius 1 is 1.31 bits per heavy atom. The third-order valence-corrected chi connectivity index (χ3v) is 2.86. The molecule has 16 heavy (non-hydrogen) atoms. The Hall–Kier alpha value is -1.26. The van der Waals surface area contributed by atoms with E-state index in [1.165, 1.54) is 0 Å². The second-order valence-electron chi connectivity index (χ2n) is 3.91. The van der Waals surface area contributed by atoms with Gasteiger partial charge in [-0.15, -0.1) is 0 Å². The normalized spacial score (nSPS) is 15.6. The number of rotatable bonds is 5. The van der Waals surface area contributed by atoms with Crippen LogP contribution in [0.3, 0.4) is 0 Å². The lowest BCUT2D eigenvalue weighted by atomic mass is 10.1. The van der Waals surface area contributed by atoms with Crippen LogP contribution in [0.2, 0.25) is 0 Å². The molecule has 0 aromatic heterocycles. The summed E-state index contributed by atoms with van der Waals surface area (Å²) in [5.41, 5.74) is 1.16. The van der Waals surface area contributed by atoms with Crippen molar-refractivity contribution in [2.24, 2.45) is 0 Å². The molecule has 0 aliphatic carbocycles. The molecule has 1 aromatic rings. The fourth-order valence-corrected chi connectivity index (χ4v) is 1.69. The van der Waals surface area contributed by atoms with E-state index in [-0.39, 0.29) is 0 Å². The van der Waals surface area contributed by atoms with Crippen LogP contribution in [0.5, 0.6) is 11.5 Å². The standard InChI is InChI=1S/C12H18N2O2/c1-15-11-4-3-9(12(5-11)16-2)6-14-10-7-13-8-10/h3-5,10,13-14H,6-8H2,1-2H3. The maximum Gasteiger partial charge on any atom is 0.127 e. The van der Waals surface area contributed by atoms with E-state index in [4.69, 9.17) is 9.47 Å². The van der Waals surface area contributed by atoms with Gasteiger partial charge in [-0.05, 0) is 6.07 Å². The predicted molar refractivity (Wildman–Crippen MR) is 63.0 cm³/mol. The first kappa shape index (κ1) is 11.2. The zero-order valence-corrected chi connectivity index (χ0v) is 9.75. The summed E-state index contributed by atoms with van der Waals surface area (Å²) in [7, 11) is 3.34. The lowest BCUT2D eigenvalue weighted by molar-refractivity contribution is 0.357. The van der Waals surface area contributed by atoms with Crippen molar-refractivity contribution in [2.75, 3.05) is 27.3 Å². The second-order valence-corrected chi connectivity index (χ2v) is 3.91. The van der Waals surface area contributed by atoms with Crippen molar-refractivity contribution in [3.8, 4) is 11.5 Å².